The first kappa shape index (κ1) is 17.1. The van der Waals surface area contributed by atoms with Crippen molar-refractivity contribution in [3.63, 3.8) is 0 Å². The lowest BCUT2D eigenvalue weighted by Crippen LogP contribution is -2.55. The van der Waals surface area contributed by atoms with Gasteiger partial charge in [-0.1, -0.05) is 17.7 Å². The van der Waals surface area contributed by atoms with Gasteiger partial charge in [-0.3, -0.25) is 4.90 Å². The van der Waals surface area contributed by atoms with Crippen molar-refractivity contribution in [1.29, 1.82) is 0 Å². The molecule has 0 saturated carbocycles. The maximum Gasteiger partial charge on any atom is 0.321 e. The lowest BCUT2D eigenvalue weighted by Gasteiger charge is -2.40. The van der Waals surface area contributed by atoms with Gasteiger partial charge in [-0.2, -0.15) is 0 Å². The number of carbonyl (C=O) groups excluding carboxylic acids is 1. The second-order valence-corrected chi connectivity index (χ2v) is 6.39. The van der Waals surface area contributed by atoms with Crippen molar-refractivity contribution in [1.82, 2.24) is 9.80 Å². The molecule has 1 aromatic carbocycles. The standard InChI is InChI=1S/C16H24ClN3O2/c1-11-9-20(8-7-19(11)10-12(2)21)16(22)18-15-6-4-5-14(17)13(15)3/h4-6,11-12,21H,7-10H2,1-3H3,(H,18,22)/t11-,12-/m0/s1. The first-order chi connectivity index (χ1) is 10.4. The number of aliphatic hydroxyl groups is 1. The van der Waals surface area contributed by atoms with Crippen LogP contribution in [-0.2, 0) is 0 Å². The molecule has 2 N–H and O–H groups in total. The van der Waals surface area contributed by atoms with E-state index in [1.54, 1.807) is 6.92 Å². The third-order valence-corrected chi connectivity index (χ3v) is 4.47. The first-order valence-electron chi connectivity index (χ1n) is 7.61. The minimum absolute atomic E-state index is 0.103. The van der Waals surface area contributed by atoms with Crippen LogP contribution in [0.15, 0.2) is 18.2 Å². The van der Waals surface area contributed by atoms with Crippen LogP contribution in [0.2, 0.25) is 5.02 Å². The zero-order valence-electron chi connectivity index (χ0n) is 13.3. The van der Waals surface area contributed by atoms with Gasteiger partial charge >= 0.3 is 6.03 Å². The van der Waals surface area contributed by atoms with Crippen molar-refractivity contribution >= 4 is 23.3 Å². The number of rotatable bonds is 3. The number of hydrogen-bond acceptors (Lipinski definition) is 3. The molecule has 2 rings (SSSR count). The van der Waals surface area contributed by atoms with Crippen LogP contribution < -0.4 is 5.32 Å². The van der Waals surface area contributed by atoms with E-state index in [9.17, 15) is 9.90 Å². The number of halogens is 1. The summed E-state index contributed by atoms with van der Waals surface area (Å²) in [4.78, 5) is 16.4. The SMILES string of the molecule is Cc1c(Cl)cccc1NC(=O)N1CCN(C[C@H](C)O)[C@@H](C)C1. The fraction of sp³-hybridized carbons (Fsp3) is 0.562. The number of benzene rings is 1. The number of nitrogens with zero attached hydrogens (tertiary/aromatic N) is 2. The van der Waals surface area contributed by atoms with Gasteiger partial charge in [0.1, 0.15) is 0 Å². The average Bonchev–Trinajstić information content (AvgIpc) is 2.45. The Kier molecular flexibility index (Phi) is 5.67. The van der Waals surface area contributed by atoms with Gasteiger partial charge < -0.3 is 15.3 Å². The number of hydrogen-bond donors (Lipinski definition) is 2. The molecule has 1 saturated heterocycles. The van der Waals surface area contributed by atoms with E-state index in [1.807, 2.05) is 30.0 Å². The highest BCUT2D eigenvalue weighted by molar-refractivity contribution is 6.31. The Morgan fingerprint density at radius 2 is 2.23 bits per heavy atom. The molecular formula is C16H24ClN3O2. The normalized spacial score (nSPS) is 20.8. The van der Waals surface area contributed by atoms with Crippen LogP contribution >= 0.6 is 11.6 Å². The summed E-state index contributed by atoms with van der Waals surface area (Å²) in [6.45, 7) is 8.47. The predicted octanol–water partition coefficient (Wildman–Crippen LogP) is 2.57. The number of amides is 2. The Morgan fingerprint density at radius 3 is 2.86 bits per heavy atom. The fourth-order valence-electron chi connectivity index (χ4n) is 2.73. The topological polar surface area (TPSA) is 55.8 Å². The number of urea groups is 1. The summed E-state index contributed by atoms with van der Waals surface area (Å²) >= 11 is 6.08. The van der Waals surface area contributed by atoms with E-state index >= 15 is 0 Å². The Morgan fingerprint density at radius 1 is 1.50 bits per heavy atom. The van der Waals surface area contributed by atoms with E-state index in [0.717, 1.165) is 17.8 Å². The molecule has 2 amide bonds. The van der Waals surface area contributed by atoms with E-state index in [-0.39, 0.29) is 18.2 Å². The van der Waals surface area contributed by atoms with Crippen LogP contribution in [0.5, 0.6) is 0 Å². The van der Waals surface area contributed by atoms with Gasteiger partial charge in [-0.15, -0.1) is 0 Å². The van der Waals surface area contributed by atoms with Crippen molar-refractivity contribution in [3.05, 3.63) is 28.8 Å². The van der Waals surface area contributed by atoms with E-state index in [4.69, 9.17) is 11.6 Å². The maximum absolute atomic E-state index is 12.4. The predicted molar refractivity (Wildman–Crippen MR) is 89.5 cm³/mol. The smallest absolute Gasteiger partial charge is 0.321 e. The molecule has 0 radical (unpaired) electrons. The molecular weight excluding hydrogens is 302 g/mol. The Bertz CT molecular complexity index is 536. The van der Waals surface area contributed by atoms with Gasteiger partial charge in [0.15, 0.2) is 0 Å². The highest BCUT2D eigenvalue weighted by Gasteiger charge is 2.27. The summed E-state index contributed by atoms with van der Waals surface area (Å²) in [5, 5.41) is 13.1. The van der Waals surface area contributed by atoms with Crippen LogP contribution in [0.4, 0.5) is 10.5 Å². The first-order valence-corrected chi connectivity index (χ1v) is 7.99. The Hall–Kier alpha value is -1.30. The van der Waals surface area contributed by atoms with Crippen molar-refractivity contribution < 1.29 is 9.90 Å². The van der Waals surface area contributed by atoms with Crippen molar-refractivity contribution in [2.24, 2.45) is 0 Å². The van der Waals surface area contributed by atoms with E-state index < -0.39 is 0 Å². The molecule has 0 spiro atoms. The second-order valence-electron chi connectivity index (χ2n) is 5.98. The number of carbonyl (C=O) groups is 1. The molecule has 0 unspecified atom stereocenters. The van der Waals surface area contributed by atoms with E-state index in [2.05, 4.69) is 17.1 Å². The molecule has 0 aliphatic carbocycles. The molecule has 0 bridgehead atoms. The second kappa shape index (κ2) is 7.31. The summed E-state index contributed by atoms with van der Waals surface area (Å²) in [6.07, 6.45) is -0.350. The fourth-order valence-corrected chi connectivity index (χ4v) is 2.90. The van der Waals surface area contributed by atoms with Crippen LogP contribution in [0.1, 0.15) is 19.4 Å². The zero-order chi connectivity index (χ0) is 16.3. The van der Waals surface area contributed by atoms with Gasteiger partial charge in [0.2, 0.25) is 0 Å². The van der Waals surface area contributed by atoms with Crippen LogP contribution in [0, 0.1) is 6.92 Å². The molecule has 1 fully saturated rings. The number of nitrogens with one attached hydrogen (secondary N) is 1. The monoisotopic (exact) mass is 325 g/mol. The number of anilines is 1. The minimum atomic E-state index is -0.350. The molecule has 1 heterocycles. The molecule has 6 heteroatoms. The molecule has 22 heavy (non-hydrogen) atoms. The van der Waals surface area contributed by atoms with Crippen LogP contribution in [-0.4, -0.2) is 59.3 Å². The highest BCUT2D eigenvalue weighted by Crippen LogP contribution is 2.23. The molecule has 2 atom stereocenters. The van der Waals surface area contributed by atoms with Crippen LogP contribution in [0.25, 0.3) is 0 Å². The minimum Gasteiger partial charge on any atom is -0.392 e. The molecule has 1 aromatic rings. The molecule has 122 valence electrons. The third-order valence-electron chi connectivity index (χ3n) is 4.06. The van der Waals surface area contributed by atoms with E-state index in [1.165, 1.54) is 0 Å². The van der Waals surface area contributed by atoms with Gasteiger partial charge in [-0.25, -0.2) is 4.79 Å². The number of aliphatic hydroxyl groups excluding tert-OH is 1. The van der Waals surface area contributed by atoms with Crippen molar-refractivity contribution in [2.45, 2.75) is 32.9 Å². The largest absolute Gasteiger partial charge is 0.392 e. The lowest BCUT2D eigenvalue weighted by molar-refractivity contribution is 0.0590. The van der Waals surface area contributed by atoms with Gasteiger partial charge in [-0.05, 0) is 38.5 Å². The Balaban J connectivity index is 1.96. The molecule has 1 aliphatic rings. The highest BCUT2D eigenvalue weighted by atomic mass is 35.5. The van der Waals surface area contributed by atoms with Crippen molar-refractivity contribution in [3.8, 4) is 0 Å². The summed E-state index contributed by atoms with van der Waals surface area (Å²) in [5.41, 5.74) is 1.62. The average molecular weight is 326 g/mol. The molecule has 5 nitrogen and oxygen atoms in total. The quantitative estimate of drug-likeness (QED) is 0.898. The maximum atomic E-state index is 12.4. The molecule has 0 aromatic heterocycles. The molecule has 1 aliphatic heterocycles. The third kappa shape index (κ3) is 4.12. The Labute approximate surface area is 136 Å². The van der Waals surface area contributed by atoms with Gasteiger partial charge in [0, 0.05) is 42.9 Å². The lowest BCUT2D eigenvalue weighted by atomic mass is 10.1. The summed E-state index contributed by atoms with van der Waals surface area (Å²) in [7, 11) is 0. The summed E-state index contributed by atoms with van der Waals surface area (Å²) in [6, 6.07) is 5.62. The zero-order valence-corrected chi connectivity index (χ0v) is 14.1. The van der Waals surface area contributed by atoms with Gasteiger partial charge in [0.25, 0.3) is 0 Å². The summed E-state index contributed by atoms with van der Waals surface area (Å²) < 4.78 is 0. The summed E-state index contributed by atoms with van der Waals surface area (Å²) in [5.74, 6) is 0. The van der Waals surface area contributed by atoms with Crippen LogP contribution in [0.3, 0.4) is 0 Å². The number of β-amino-alcohol motifs (C(OH)–C–C–N with tert-alkyl or cyclic N) is 1. The number of piperazine rings is 1. The van der Waals surface area contributed by atoms with Gasteiger partial charge in [0.05, 0.1) is 6.10 Å². The van der Waals surface area contributed by atoms with E-state index in [0.29, 0.717) is 24.7 Å². The van der Waals surface area contributed by atoms with Crippen molar-refractivity contribution in [2.75, 3.05) is 31.5 Å².